The van der Waals surface area contributed by atoms with Crippen LogP contribution in [0.1, 0.15) is 5.56 Å². The zero-order valence-corrected chi connectivity index (χ0v) is 9.93. The molecule has 0 atom stereocenters. The second-order valence-corrected chi connectivity index (χ2v) is 5.51. The third-order valence-corrected chi connectivity index (χ3v) is 4.28. The lowest BCUT2D eigenvalue weighted by molar-refractivity contribution is 1.43. The van der Waals surface area contributed by atoms with Gasteiger partial charge in [-0.05, 0) is 17.7 Å². The number of benzene rings is 2. The zero-order valence-electron chi connectivity index (χ0n) is 8.30. The van der Waals surface area contributed by atoms with Gasteiger partial charge in [-0.2, -0.15) is 0 Å². The molecule has 76 valence electrons. The first-order valence-electron chi connectivity index (χ1n) is 4.83. The Morgan fingerprint density at radius 3 is 2.00 bits per heavy atom. The van der Waals surface area contributed by atoms with Crippen molar-refractivity contribution in [3.8, 4) is 0 Å². The van der Waals surface area contributed by atoms with Crippen molar-refractivity contribution in [1.82, 2.24) is 0 Å². The van der Waals surface area contributed by atoms with E-state index in [0.717, 1.165) is 5.75 Å². The van der Waals surface area contributed by atoms with Crippen molar-refractivity contribution in [3.63, 3.8) is 0 Å². The van der Waals surface area contributed by atoms with E-state index in [0.29, 0.717) is 0 Å². The predicted octanol–water partition coefficient (Wildman–Crippen LogP) is 4.63. The maximum absolute atomic E-state index is 2.17. The topological polar surface area (TPSA) is 0 Å². The van der Waals surface area contributed by atoms with Gasteiger partial charge >= 0.3 is 0 Å². The second kappa shape index (κ2) is 5.89. The summed E-state index contributed by atoms with van der Waals surface area (Å²) in [5.74, 6) is 1.06. The van der Waals surface area contributed by atoms with E-state index in [1.165, 1.54) is 10.5 Å². The summed E-state index contributed by atoms with van der Waals surface area (Å²) in [6, 6.07) is 21.0. The fraction of sp³-hybridized carbons (Fsp3) is 0.0769. The van der Waals surface area contributed by atoms with E-state index in [1.54, 1.807) is 0 Å². The molecule has 2 heteroatoms. The normalized spacial score (nSPS) is 10.1. The lowest BCUT2D eigenvalue weighted by Gasteiger charge is -2.00. The molecule has 0 radical (unpaired) electrons. The zero-order chi connectivity index (χ0) is 10.3. The van der Waals surface area contributed by atoms with Crippen LogP contribution in [0.25, 0.3) is 0 Å². The van der Waals surface area contributed by atoms with E-state index in [9.17, 15) is 0 Å². The number of hydrogen-bond donors (Lipinski definition) is 0. The molecule has 0 aliphatic rings. The molecule has 0 N–H and O–H groups in total. The molecule has 2 aromatic rings. The van der Waals surface area contributed by atoms with Crippen LogP contribution < -0.4 is 0 Å². The maximum atomic E-state index is 2.17. The van der Waals surface area contributed by atoms with Crippen LogP contribution in [0.5, 0.6) is 0 Å². The summed E-state index contributed by atoms with van der Waals surface area (Å²) >= 11 is 0. The van der Waals surface area contributed by atoms with Crippen LogP contribution >= 0.6 is 21.6 Å². The van der Waals surface area contributed by atoms with Gasteiger partial charge in [0.2, 0.25) is 0 Å². The van der Waals surface area contributed by atoms with E-state index < -0.39 is 0 Å². The van der Waals surface area contributed by atoms with Gasteiger partial charge in [-0.3, -0.25) is 0 Å². The molecule has 0 saturated heterocycles. The third-order valence-electron chi connectivity index (χ3n) is 1.97. The van der Waals surface area contributed by atoms with Gasteiger partial charge in [-0.25, -0.2) is 0 Å². The molecule has 0 nitrogen and oxygen atoms in total. The van der Waals surface area contributed by atoms with Gasteiger partial charge in [-0.15, -0.1) is 0 Å². The summed E-state index contributed by atoms with van der Waals surface area (Å²) < 4.78 is 0. The van der Waals surface area contributed by atoms with Crippen LogP contribution in [0.3, 0.4) is 0 Å². The Morgan fingerprint density at radius 1 is 0.733 bits per heavy atom. The summed E-state index contributed by atoms with van der Waals surface area (Å²) in [5, 5.41) is 0. The van der Waals surface area contributed by atoms with Crippen molar-refractivity contribution in [2.75, 3.05) is 0 Å². The first-order valence-corrected chi connectivity index (χ1v) is 7.15. The molecule has 0 aliphatic carbocycles. The molecule has 0 unspecified atom stereocenters. The highest BCUT2D eigenvalue weighted by molar-refractivity contribution is 8.76. The van der Waals surface area contributed by atoms with Crippen molar-refractivity contribution >= 4 is 21.6 Å². The fourth-order valence-electron chi connectivity index (χ4n) is 1.22. The third kappa shape index (κ3) is 3.65. The highest BCUT2D eigenvalue weighted by Crippen LogP contribution is 2.33. The fourth-order valence-corrected chi connectivity index (χ4v) is 3.33. The van der Waals surface area contributed by atoms with Gasteiger partial charge in [0.15, 0.2) is 0 Å². The first kappa shape index (κ1) is 10.7. The lowest BCUT2D eigenvalue weighted by atomic mass is 10.2. The van der Waals surface area contributed by atoms with Crippen molar-refractivity contribution in [3.05, 3.63) is 66.2 Å². The summed E-state index contributed by atoms with van der Waals surface area (Å²) in [7, 11) is 3.71. The lowest BCUT2D eigenvalue weighted by Crippen LogP contribution is -1.75. The van der Waals surface area contributed by atoms with Crippen LogP contribution in [-0.4, -0.2) is 0 Å². The average Bonchev–Trinajstić information content (AvgIpc) is 2.32. The maximum Gasteiger partial charge on any atom is 0.0292 e. The van der Waals surface area contributed by atoms with Gasteiger partial charge in [0.1, 0.15) is 0 Å². The van der Waals surface area contributed by atoms with Crippen molar-refractivity contribution in [2.24, 2.45) is 0 Å². The molecule has 15 heavy (non-hydrogen) atoms. The molecule has 0 saturated carbocycles. The van der Waals surface area contributed by atoms with Gasteiger partial charge in [0.05, 0.1) is 0 Å². The smallest absolute Gasteiger partial charge is 0.0292 e. The summed E-state index contributed by atoms with van der Waals surface area (Å²) in [6.07, 6.45) is 0. The minimum Gasteiger partial charge on any atom is -0.0841 e. The van der Waals surface area contributed by atoms with Crippen molar-refractivity contribution in [1.29, 1.82) is 0 Å². The largest absolute Gasteiger partial charge is 0.0841 e. The Morgan fingerprint density at radius 2 is 1.33 bits per heavy atom. The molecule has 0 aromatic heterocycles. The predicted molar refractivity (Wildman–Crippen MR) is 70.0 cm³/mol. The van der Waals surface area contributed by atoms with Crippen LogP contribution in [0, 0.1) is 0 Å². The minimum absolute atomic E-state index is 1.06. The van der Waals surface area contributed by atoms with Gasteiger partial charge in [0.25, 0.3) is 0 Å². The van der Waals surface area contributed by atoms with Crippen molar-refractivity contribution < 1.29 is 0 Å². The molecule has 0 spiro atoms. The Kier molecular flexibility index (Phi) is 4.18. The molecule has 0 bridgehead atoms. The Labute approximate surface area is 98.5 Å². The molecule has 0 amide bonds. The average molecular weight is 232 g/mol. The molecular formula is C13H12S2. The van der Waals surface area contributed by atoms with E-state index in [-0.39, 0.29) is 0 Å². The first-order chi connectivity index (χ1) is 7.45. The Bertz CT molecular complexity index is 344. The van der Waals surface area contributed by atoms with E-state index in [4.69, 9.17) is 0 Å². The molecule has 0 heterocycles. The van der Waals surface area contributed by atoms with Crippen LogP contribution in [0.15, 0.2) is 65.6 Å². The van der Waals surface area contributed by atoms with Crippen LogP contribution in [0.2, 0.25) is 0 Å². The number of rotatable bonds is 4. The van der Waals surface area contributed by atoms with Crippen LogP contribution in [0.4, 0.5) is 0 Å². The van der Waals surface area contributed by atoms with Gasteiger partial charge < -0.3 is 0 Å². The van der Waals surface area contributed by atoms with Gasteiger partial charge in [0, 0.05) is 10.6 Å². The van der Waals surface area contributed by atoms with Gasteiger partial charge in [-0.1, -0.05) is 70.1 Å². The highest BCUT2D eigenvalue weighted by atomic mass is 33.1. The van der Waals surface area contributed by atoms with Crippen molar-refractivity contribution in [2.45, 2.75) is 10.6 Å². The summed E-state index contributed by atoms with van der Waals surface area (Å²) in [4.78, 5) is 1.32. The standard InChI is InChI=1S/C13H12S2/c1-3-7-12(8-4-1)11-14-15-13-9-5-2-6-10-13/h1-10H,11H2. The monoisotopic (exact) mass is 232 g/mol. The van der Waals surface area contributed by atoms with E-state index >= 15 is 0 Å². The highest BCUT2D eigenvalue weighted by Gasteiger charge is 1.94. The summed E-state index contributed by atoms with van der Waals surface area (Å²) in [5.41, 5.74) is 1.38. The molecule has 2 rings (SSSR count). The van der Waals surface area contributed by atoms with Crippen LogP contribution in [-0.2, 0) is 5.75 Å². The SMILES string of the molecule is c1ccc(CSSc2ccccc2)cc1. The molecule has 2 aromatic carbocycles. The molecular weight excluding hydrogens is 220 g/mol. The quantitative estimate of drug-likeness (QED) is 0.705. The minimum atomic E-state index is 1.06. The van der Waals surface area contributed by atoms with E-state index in [1.807, 2.05) is 27.7 Å². The Balaban J connectivity index is 1.81. The summed E-state index contributed by atoms with van der Waals surface area (Å²) in [6.45, 7) is 0. The second-order valence-electron chi connectivity index (χ2n) is 3.14. The number of hydrogen-bond acceptors (Lipinski definition) is 2. The molecule has 0 aliphatic heterocycles. The Hall–Kier alpha value is -0.860. The molecule has 0 fully saturated rings. The van der Waals surface area contributed by atoms with E-state index in [2.05, 4.69) is 54.6 Å².